The van der Waals surface area contributed by atoms with Gasteiger partial charge in [-0.1, -0.05) is 22.0 Å². The minimum absolute atomic E-state index is 0. The molecule has 0 radical (unpaired) electrons. The molecule has 0 spiro atoms. The molecular weight excluding hydrogens is 213 g/mol. The largest absolute Gasteiger partial charge is 0.264 e. The first-order valence-electron chi connectivity index (χ1n) is 2.88. The summed E-state index contributed by atoms with van der Waals surface area (Å²) in [5.41, 5.74) is 1.29. The topological polar surface area (TPSA) is 12.9 Å². The summed E-state index contributed by atoms with van der Waals surface area (Å²) in [6, 6.07) is 4.03. The Balaban J connectivity index is 0.000000810. The molecule has 1 aromatic heterocycles. The summed E-state index contributed by atoms with van der Waals surface area (Å²) in [7, 11) is 0. The molecule has 0 aliphatic heterocycles. The van der Waals surface area contributed by atoms with E-state index in [1.54, 1.807) is 6.20 Å². The molecule has 0 amide bonds. The lowest BCUT2D eigenvalue weighted by Gasteiger charge is -1.92. The van der Waals surface area contributed by atoms with Crippen LogP contribution in [0, 0.1) is 0 Å². The molecule has 0 unspecified atom stereocenters. The average Bonchev–Trinajstić information content (AvgIpc) is 1.91. The molecular formula is C7H9BrClN. The van der Waals surface area contributed by atoms with E-state index in [4.69, 9.17) is 0 Å². The fourth-order valence-corrected chi connectivity index (χ4v) is 1.11. The molecule has 1 nitrogen and oxygen atoms in total. The smallest absolute Gasteiger partial charge is 0.0300 e. The highest BCUT2D eigenvalue weighted by molar-refractivity contribution is 9.09. The number of aromatic nitrogens is 1. The number of pyridine rings is 1. The maximum Gasteiger partial charge on any atom is 0.0300 e. The van der Waals surface area contributed by atoms with Crippen LogP contribution < -0.4 is 0 Å². The van der Waals surface area contributed by atoms with Crippen LogP contribution in [0.5, 0.6) is 0 Å². The first-order chi connectivity index (χ1) is 4.43. The van der Waals surface area contributed by atoms with E-state index in [1.165, 1.54) is 5.56 Å². The lowest BCUT2D eigenvalue weighted by Crippen LogP contribution is -1.84. The van der Waals surface area contributed by atoms with Crippen LogP contribution in [0.4, 0.5) is 0 Å². The van der Waals surface area contributed by atoms with E-state index in [9.17, 15) is 0 Å². The van der Waals surface area contributed by atoms with Crippen molar-refractivity contribution in [3.8, 4) is 0 Å². The van der Waals surface area contributed by atoms with Crippen LogP contribution in [0.25, 0.3) is 0 Å². The van der Waals surface area contributed by atoms with Crippen LogP contribution >= 0.6 is 28.3 Å². The van der Waals surface area contributed by atoms with Crippen molar-refractivity contribution in [2.24, 2.45) is 0 Å². The predicted octanol–water partition coefficient (Wildman–Crippen LogP) is 2.44. The van der Waals surface area contributed by atoms with Gasteiger partial charge in [-0.3, -0.25) is 4.98 Å². The number of hydrogen-bond donors (Lipinski definition) is 0. The molecule has 0 aliphatic carbocycles. The third-order valence-electron chi connectivity index (χ3n) is 1.11. The van der Waals surface area contributed by atoms with E-state index in [0.29, 0.717) is 0 Å². The average molecular weight is 223 g/mol. The van der Waals surface area contributed by atoms with Gasteiger partial charge in [0.1, 0.15) is 0 Å². The van der Waals surface area contributed by atoms with Gasteiger partial charge in [0.2, 0.25) is 0 Å². The summed E-state index contributed by atoms with van der Waals surface area (Å²) in [5, 5.41) is 1.01. The highest BCUT2D eigenvalue weighted by atomic mass is 79.9. The Morgan fingerprint density at radius 2 is 2.30 bits per heavy atom. The van der Waals surface area contributed by atoms with Gasteiger partial charge in [0.15, 0.2) is 0 Å². The lowest BCUT2D eigenvalue weighted by molar-refractivity contribution is 1.13. The second-order valence-corrected chi connectivity index (χ2v) is 2.59. The minimum atomic E-state index is 0. The lowest BCUT2D eigenvalue weighted by atomic mass is 10.2. The van der Waals surface area contributed by atoms with Crippen LogP contribution in [-0.4, -0.2) is 10.3 Å². The SMILES string of the molecule is BrCCc1cccnc1.Cl. The van der Waals surface area contributed by atoms with Crippen LogP contribution in [0.15, 0.2) is 24.5 Å². The summed E-state index contributed by atoms with van der Waals surface area (Å²) in [5.74, 6) is 0. The van der Waals surface area contributed by atoms with Crippen molar-refractivity contribution in [2.75, 3.05) is 5.33 Å². The van der Waals surface area contributed by atoms with Crippen molar-refractivity contribution in [1.82, 2.24) is 4.98 Å². The van der Waals surface area contributed by atoms with Gasteiger partial charge < -0.3 is 0 Å². The number of alkyl halides is 1. The Labute approximate surface area is 75.4 Å². The molecule has 3 heteroatoms. The summed E-state index contributed by atoms with van der Waals surface area (Å²) in [6.45, 7) is 0. The van der Waals surface area contributed by atoms with Crippen molar-refractivity contribution in [3.05, 3.63) is 30.1 Å². The quantitative estimate of drug-likeness (QED) is 0.701. The molecule has 0 aromatic carbocycles. The van der Waals surface area contributed by atoms with Crippen LogP contribution in [0.2, 0.25) is 0 Å². The maximum absolute atomic E-state index is 3.98. The van der Waals surface area contributed by atoms with Crippen molar-refractivity contribution in [3.63, 3.8) is 0 Å². The van der Waals surface area contributed by atoms with E-state index < -0.39 is 0 Å². The molecule has 1 heterocycles. The second kappa shape index (κ2) is 5.69. The molecule has 0 aliphatic rings. The number of aryl methyl sites for hydroxylation is 1. The fourth-order valence-electron chi connectivity index (χ4n) is 0.655. The van der Waals surface area contributed by atoms with Crippen LogP contribution in [0.3, 0.4) is 0 Å². The van der Waals surface area contributed by atoms with Gasteiger partial charge in [-0.05, 0) is 18.1 Å². The summed E-state index contributed by atoms with van der Waals surface area (Å²) in [6.07, 6.45) is 4.74. The van der Waals surface area contributed by atoms with Crippen molar-refractivity contribution < 1.29 is 0 Å². The van der Waals surface area contributed by atoms with Crippen LogP contribution in [0.1, 0.15) is 5.56 Å². The standard InChI is InChI=1S/C7H8BrN.ClH/c8-4-3-7-2-1-5-9-6-7;/h1-2,5-6H,3-4H2;1H. The van der Waals surface area contributed by atoms with E-state index in [-0.39, 0.29) is 12.4 Å². The minimum Gasteiger partial charge on any atom is -0.264 e. The normalized spacial score (nSPS) is 8.50. The zero-order valence-corrected chi connectivity index (χ0v) is 7.86. The highest BCUT2D eigenvalue weighted by Crippen LogP contribution is 1.98. The third kappa shape index (κ3) is 3.18. The van der Waals surface area contributed by atoms with E-state index in [2.05, 4.69) is 27.0 Å². The number of nitrogens with zero attached hydrogens (tertiary/aromatic N) is 1. The highest BCUT2D eigenvalue weighted by Gasteiger charge is 1.86. The van der Waals surface area contributed by atoms with Gasteiger partial charge in [-0.2, -0.15) is 0 Å². The third-order valence-corrected chi connectivity index (χ3v) is 1.50. The molecule has 0 saturated carbocycles. The van der Waals surface area contributed by atoms with Crippen LogP contribution in [-0.2, 0) is 6.42 Å². The van der Waals surface area contributed by atoms with E-state index in [1.807, 2.05) is 12.3 Å². The van der Waals surface area contributed by atoms with Crippen molar-refractivity contribution in [2.45, 2.75) is 6.42 Å². The summed E-state index contributed by atoms with van der Waals surface area (Å²) in [4.78, 5) is 3.98. The monoisotopic (exact) mass is 221 g/mol. The molecule has 1 rings (SSSR count). The maximum atomic E-state index is 3.98. The summed E-state index contributed by atoms with van der Waals surface area (Å²) < 4.78 is 0. The molecule has 0 saturated heterocycles. The Morgan fingerprint density at radius 1 is 1.50 bits per heavy atom. The van der Waals surface area contributed by atoms with Gasteiger partial charge >= 0.3 is 0 Å². The molecule has 0 atom stereocenters. The Bertz CT molecular complexity index is 167. The zero-order chi connectivity index (χ0) is 6.53. The fraction of sp³-hybridized carbons (Fsp3) is 0.286. The van der Waals surface area contributed by atoms with Crippen molar-refractivity contribution >= 4 is 28.3 Å². The molecule has 0 N–H and O–H groups in total. The zero-order valence-electron chi connectivity index (χ0n) is 5.46. The number of halogens is 2. The van der Waals surface area contributed by atoms with E-state index in [0.717, 1.165) is 11.8 Å². The van der Waals surface area contributed by atoms with Gasteiger partial charge in [0.05, 0.1) is 0 Å². The van der Waals surface area contributed by atoms with Gasteiger partial charge in [-0.25, -0.2) is 0 Å². The molecule has 0 bridgehead atoms. The van der Waals surface area contributed by atoms with Crippen molar-refractivity contribution in [1.29, 1.82) is 0 Å². The first-order valence-corrected chi connectivity index (χ1v) is 4.00. The van der Waals surface area contributed by atoms with E-state index >= 15 is 0 Å². The Hall–Kier alpha value is -0.0800. The number of hydrogen-bond acceptors (Lipinski definition) is 1. The molecule has 0 fully saturated rings. The van der Waals surface area contributed by atoms with Gasteiger partial charge in [0, 0.05) is 17.7 Å². The first kappa shape index (κ1) is 9.92. The van der Waals surface area contributed by atoms with Gasteiger partial charge in [-0.15, -0.1) is 12.4 Å². The van der Waals surface area contributed by atoms with Gasteiger partial charge in [0.25, 0.3) is 0 Å². The molecule has 1 aromatic rings. The summed E-state index contributed by atoms with van der Waals surface area (Å²) >= 11 is 3.36. The Kier molecular flexibility index (Phi) is 5.64. The second-order valence-electron chi connectivity index (χ2n) is 1.80. The Morgan fingerprint density at radius 3 is 2.80 bits per heavy atom. The molecule has 56 valence electrons. The molecule has 10 heavy (non-hydrogen) atoms. The predicted molar refractivity (Wildman–Crippen MR) is 49.0 cm³/mol. The number of rotatable bonds is 2.